The van der Waals surface area contributed by atoms with Crippen molar-refractivity contribution >= 4 is 17.9 Å². The third-order valence-corrected chi connectivity index (χ3v) is 7.88. The van der Waals surface area contributed by atoms with Gasteiger partial charge in [0.2, 0.25) is 0 Å². The first-order chi connectivity index (χ1) is 23.4. The van der Waals surface area contributed by atoms with Crippen LogP contribution in [0.2, 0.25) is 0 Å². The minimum atomic E-state index is -0.241. The van der Waals surface area contributed by atoms with Gasteiger partial charge in [0.05, 0.1) is 26.4 Å². The molecule has 0 aliphatic heterocycles. The molecule has 0 amide bonds. The summed E-state index contributed by atoms with van der Waals surface area (Å²) in [7, 11) is 1.91. The fourth-order valence-electron chi connectivity index (χ4n) is 5.01. The lowest BCUT2D eigenvalue weighted by Gasteiger charge is -2.19. The van der Waals surface area contributed by atoms with Crippen LogP contribution in [-0.4, -0.2) is 76.0 Å². The van der Waals surface area contributed by atoms with Gasteiger partial charge >= 0.3 is 17.9 Å². The maximum atomic E-state index is 12.5. The Kier molecular flexibility index (Phi) is 27.2. The molecule has 0 heterocycles. The lowest BCUT2D eigenvalue weighted by Crippen LogP contribution is -2.33. The van der Waals surface area contributed by atoms with Crippen molar-refractivity contribution in [1.29, 1.82) is 0 Å². The maximum Gasteiger partial charge on any atom is 0.306 e. The van der Waals surface area contributed by atoms with Crippen molar-refractivity contribution in [3.8, 4) is 11.5 Å². The SMILES string of the molecule is CCCCCCCOC(=O)CCCCOc1cc(COC(=O)CCCN(CC)CNC)cc(OCCCCC(=O)OCCCCCC)c1. The number of benzene rings is 1. The van der Waals surface area contributed by atoms with E-state index in [4.69, 9.17) is 23.7 Å². The smallest absolute Gasteiger partial charge is 0.306 e. The van der Waals surface area contributed by atoms with Gasteiger partial charge in [-0.1, -0.05) is 65.7 Å². The van der Waals surface area contributed by atoms with Crippen molar-refractivity contribution in [2.45, 2.75) is 137 Å². The highest BCUT2D eigenvalue weighted by Gasteiger charge is 2.10. The van der Waals surface area contributed by atoms with Crippen molar-refractivity contribution in [3.63, 3.8) is 0 Å². The standard InChI is InChI=1S/C38H66N2O8/c1-5-8-10-12-16-27-47-37(42)21-14-18-25-45-35-29-33(31-48-38(43)22-19-23-40(7-3)32-39-4)28-34(30-35)44-24-17-13-20-36(41)46-26-15-11-9-6-2/h28-30,39H,5-27,31-32H2,1-4H3. The van der Waals surface area contributed by atoms with Crippen LogP contribution in [0.1, 0.15) is 135 Å². The third kappa shape index (κ3) is 24.3. The number of esters is 3. The van der Waals surface area contributed by atoms with Gasteiger partial charge in [-0.05, 0) is 82.8 Å². The average molecular weight is 679 g/mol. The highest BCUT2D eigenvalue weighted by atomic mass is 16.5. The number of unbranched alkanes of at least 4 members (excludes halogenated alkanes) is 9. The summed E-state index contributed by atoms with van der Waals surface area (Å²) >= 11 is 0. The molecule has 0 spiro atoms. The van der Waals surface area contributed by atoms with Crippen LogP contribution in [0.15, 0.2) is 18.2 Å². The molecule has 0 unspecified atom stereocenters. The Bertz CT molecular complexity index is 974. The lowest BCUT2D eigenvalue weighted by atomic mass is 10.2. The van der Waals surface area contributed by atoms with Crippen LogP contribution in [0.3, 0.4) is 0 Å². The Morgan fingerprint density at radius 2 is 1.06 bits per heavy atom. The minimum Gasteiger partial charge on any atom is -0.493 e. The molecule has 0 atom stereocenters. The van der Waals surface area contributed by atoms with Gasteiger partial charge in [-0.25, -0.2) is 0 Å². The quantitative estimate of drug-likeness (QED) is 0.0351. The van der Waals surface area contributed by atoms with Gasteiger partial charge in [-0.2, -0.15) is 0 Å². The topological polar surface area (TPSA) is 113 Å². The van der Waals surface area contributed by atoms with Gasteiger partial charge < -0.3 is 29.0 Å². The number of hydrogen-bond acceptors (Lipinski definition) is 10. The Labute approximate surface area is 290 Å². The van der Waals surface area contributed by atoms with Crippen molar-refractivity contribution in [2.75, 3.05) is 53.2 Å². The van der Waals surface area contributed by atoms with Crippen molar-refractivity contribution in [2.24, 2.45) is 0 Å². The first kappa shape index (κ1) is 43.2. The number of carbonyl (C=O) groups is 3. The Morgan fingerprint density at radius 1 is 0.583 bits per heavy atom. The van der Waals surface area contributed by atoms with Crippen molar-refractivity contribution in [1.82, 2.24) is 10.2 Å². The van der Waals surface area contributed by atoms with E-state index in [9.17, 15) is 14.4 Å². The first-order valence-electron chi connectivity index (χ1n) is 18.6. The summed E-state index contributed by atoms with van der Waals surface area (Å²) in [6, 6.07) is 5.54. The van der Waals surface area contributed by atoms with Crippen LogP contribution < -0.4 is 14.8 Å². The number of ether oxygens (including phenoxy) is 5. The lowest BCUT2D eigenvalue weighted by molar-refractivity contribution is -0.145. The second kappa shape index (κ2) is 30.2. The molecule has 0 bridgehead atoms. The van der Waals surface area contributed by atoms with E-state index in [1.807, 2.05) is 25.2 Å². The monoisotopic (exact) mass is 678 g/mol. The largest absolute Gasteiger partial charge is 0.493 e. The molecule has 0 aliphatic carbocycles. The van der Waals surface area contributed by atoms with Gasteiger partial charge in [0.25, 0.3) is 0 Å². The zero-order valence-electron chi connectivity index (χ0n) is 30.6. The van der Waals surface area contributed by atoms with Crippen LogP contribution in [0.25, 0.3) is 0 Å². The van der Waals surface area contributed by atoms with Gasteiger partial charge in [0.15, 0.2) is 0 Å². The van der Waals surface area contributed by atoms with Gasteiger partial charge in [0.1, 0.15) is 18.1 Å². The number of hydrogen-bond donors (Lipinski definition) is 1. The van der Waals surface area contributed by atoms with Gasteiger partial charge in [0, 0.05) is 32.0 Å². The number of rotatable bonds is 32. The normalized spacial score (nSPS) is 11.0. The zero-order chi connectivity index (χ0) is 35.1. The highest BCUT2D eigenvalue weighted by Crippen LogP contribution is 2.25. The van der Waals surface area contributed by atoms with Crippen LogP contribution in [0.4, 0.5) is 0 Å². The molecule has 1 N–H and O–H groups in total. The van der Waals surface area contributed by atoms with Gasteiger partial charge in [-0.3, -0.25) is 19.3 Å². The summed E-state index contributed by atoms with van der Waals surface area (Å²) < 4.78 is 28.3. The molecule has 1 aromatic carbocycles. The Morgan fingerprint density at radius 3 is 1.58 bits per heavy atom. The molecule has 48 heavy (non-hydrogen) atoms. The Balaban J connectivity index is 2.54. The second-order valence-electron chi connectivity index (χ2n) is 12.3. The van der Waals surface area contributed by atoms with E-state index in [0.717, 1.165) is 70.3 Å². The van der Waals surface area contributed by atoms with E-state index in [1.165, 1.54) is 19.3 Å². The Hall–Kier alpha value is -2.85. The third-order valence-electron chi connectivity index (χ3n) is 7.88. The first-order valence-corrected chi connectivity index (χ1v) is 18.6. The molecular formula is C38H66N2O8. The maximum absolute atomic E-state index is 12.5. The summed E-state index contributed by atoms with van der Waals surface area (Å²) in [6.45, 7) is 10.9. The average Bonchev–Trinajstić information content (AvgIpc) is 3.08. The second-order valence-corrected chi connectivity index (χ2v) is 12.3. The van der Waals surface area contributed by atoms with Crippen LogP contribution in [0.5, 0.6) is 11.5 Å². The molecule has 0 saturated heterocycles. The predicted molar refractivity (Wildman–Crippen MR) is 190 cm³/mol. The van der Waals surface area contributed by atoms with E-state index in [-0.39, 0.29) is 24.5 Å². The minimum absolute atomic E-state index is 0.120. The predicted octanol–water partition coefficient (Wildman–Crippen LogP) is 7.74. The fourth-order valence-corrected chi connectivity index (χ4v) is 5.01. The van der Waals surface area contributed by atoms with E-state index < -0.39 is 0 Å². The molecular weight excluding hydrogens is 612 g/mol. The highest BCUT2D eigenvalue weighted by molar-refractivity contribution is 5.70. The van der Waals surface area contributed by atoms with E-state index in [0.29, 0.717) is 82.9 Å². The molecule has 0 aromatic heterocycles. The molecule has 0 fully saturated rings. The summed E-state index contributed by atoms with van der Waals surface area (Å²) in [4.78, 5) is 38.7. The van der Waals surface area contributed by atoms with Crippen molar-refractivity contribution < 1.29 is 38.1 Å². The van der Waals surface area contributed by atoms with E-state index in [1.54, 1.807) is 0 Å². The van der Waals surface area contributed by atoms with E-state index in [2.05, 4.69) is 31.0 Å². The summed E-state index contributed by atoms with van der Waals surface area (Å²) in [5, 5.41) is 3.14. The number of nitrogens with one attached hydrogen (secondary N) is 1. The number of carbonyl (C=O) groups excluding carboxylic acids is 3. The van der Waals surface area contributed by atoms with Crippen LogP contribution in [0, 0.1) is 0 Å². The molecule has 10 nitrogen and oxygen atoms in total. The van der Waals surface area contributed by atoms with Crippen LogP contribution in [-0.2, 0) is 35.2 Å². The molecule has 0 radical (unpaired) electrons. The fraction of sp³-hybridized carbons (Fsp3) is 0.763. The molecule has 0 aliphatic rings. The van der Waals surface area contributed by atoms with Gasteiger partial charge in [-0.15, -0.1) is 0 Å². The van der Waals surface area contributed by atoms with Crippen LogP contribution >= 0.6 is 0 Å². The molecule has 276 valence electrons. The molecule has 0 saturated carbocycles. The molecule has 1 rings (SSSR count). The summed E-state index contributed by atoms with van der Waals surface area (Å²) in [5.41, 5.74) is 0.774. The molecule has 10 heteroatoms. The number of nitrogens with zero attached hydrogens (tertiary/aromatic N) is 1. The zero-order valence-corrected chi connectivity index (χ0v) is 30.6. The summed E-state index contributed by atoms with van der Waals surface area (Å²) in [6.07, 6.45) is 14.5. The van der Waals surface area contributed by atoms with E-state index >= 15 is 0 Å². The van der Waals surface area contributed by atoms with Crippen molar-refractivity contribution in [3.05, 3.63) is 23.8 Å². The molecule has 1 aromatic rings. The summed E-state index contributed by atoms with van der Waals surface area (Å²) in [5.74, 6) is 0.672.